The van der Waals surface area contributed by atoms with Gasteiger partial charge >= 0.3 is 0 Å². The number of carbonyl (C=O) groups excluding carboxylic acids is 1. The zero-order valence-electron chi connectivity index (χ0n) is 15.8. The predicted octanol–water partition coefficient (Wildman–Crippen LogP) is 4.66. The van der Waals surface area contributed by atoms with Crippen molar-refractivity contribution < 1.29 is 9.53 Å². The highest BCUT2D eigenvalue weighted by Crippen LogP contribution is 2.21. The molecule has 1 aromatic carbocycles. The molecule has 1 N–H and O–H groups in total. The van der Waals surface area contributed by atoms with Crippen molar-refractivity contribution in [1.29, 1.82) is 0 Å². The highest BCUT2D eigenvalue weighted by atomic mass is 16.5. The predicted molar refractivity (Wildman–Crippen MR) is 107 cm³/mol. The van der Waals surface area contributed by atoms with E-state index in [1.165, 1.54) is 18.9 Å². The number of methoxy groups -OCH3 is 1. The molecule has 3 aromatic rings. The number of aromatic nitrogens is 2. The molecule has 0 spiro atoms. The molecule has 0 unspecified atom stereocenters. The van der Waals surface area contributed by atoms with Gasteiger partial charge in [-0.25, -0.2) is 4.98 Å². The lowest BCUT2D eigenvalue weighted by molar-refractivity contribution is 0.103. The second-order valence-electron chi connectivity index (χ2n) is 6.76. The number of hydrogen-bond acceptors (Lipinski definition) is 5. The monoisotopic (exact) mass is 361 g/mol. The van der Waals surface area contributed by atoms with Gasteiger partial charge in [0.25, 0.3) is 0 Å². The lowest BCUT2D eigenvalue weighted by Gasteiger charge is -2.09. The number of pyridine rings is 2. The molecule has 5 heteroatoms. The molecule has 0 atom stereocenters. The quantitative estimate of drug-likeness (QED) is 0.620. The van der Waals surface area contributed by atoms with Crippen LogP contribution in [0.4, 0.5) is 11.5 Å². The zero-order valence-corrected chi connectivity index (χ0v) is 15.8. The molecule has 0 amide bonds. The summed E-state index contributed by atoms with van der Waals surface area (Å²) >= 11 is 0. The molecular formula is C22H23N3O2. The third-order valence-electron chi connectivity index (χ3n) is 4.15. The number of nitrogens with zero attached hydrogens (tertiary/aromatic N) is 2. The van der Waals surface area contributed by atoms with Gasteiger partial charge in [0, 0.05) is 23.6 Å². The maximum absolute atomic E-state index is 12.7. The molecular weight excluding hydrogens is 338 g/mol. The van der Waals surface area contributed by atoms with Crippen molar-refractivity contribution in [3.05, 3.63) is 77.7 Å². The van der Waals surface area contributed by atoms with Crippen LogP contribution in [-0.4, -0.2) is 22.9 Å². The van der Waals surface area contributed by atoms with E-state index in [0.717, 1.165) is 12.1 Å². The number of ketones is 1. The first-order chi connectivity index (χ1) is 13.1. The second-order valence-corrected chi connectivity index (χ2v) is 6.76. The molecule has 27 heavy (non-hydrogen) atoms. The fourth-order valence-electron chi connectivity index (χ4n) is 2.83. The molecule has 0 saturated carbocycles. The fraction of sp³-hybridized carbons (Fsp3) is 0.227. The average Bonchev–Trinajstić information content (AvgIpc) is 2.69. The van der Waals surface area contributed by atoms with E-state index < -0.39 is 0 Å². The summed E-state index contributed by atoms with van der Waals surface area (Å²) < 4.78 is 5.21. The number of hydrogen-bond donors (Lipinski definition) is 1. The Morgan fingerprint density at radius 3 is 2.48 bits per heavy atom. The lowest BCUT2D eigenvalue weighted by atomic mass is 10.0. The molecule has 0 bridgehead atoms. The van der Waals surface area contributed by atoms with Crippen LogP contribution in [0.3, 0.4) is 0 Å². The number of nitrogens with one attached hydrogen (secondary N) is 1. The van der Waals surface area contributed by atoms with Gasteiger partial charge in [0.15, 0.2) is 5.78 Å². The summed E-state index contributed by atoms with van der Waals surface area (Å²) in [6.07, 6.45) is 5.73. The molecule has 0 fully saturated rings. The molecule has 0 radical (unpaired) electrons. The van der Waals surface area contributed by atoms with Crippen LogP contribution in [-0.2, 0) is 6.42 Å². The van der Waals surface area contributed by atoms with Crippen LogP contribution in [0.5, 0.6) is 5.75 Å². The van der Waals surface area contributed by atoms with Crippen molar-refractivity contribution in [3.8, 4) is 5.75 Å². The van der Waals surface area contributed by atoms with Crippen molar-refractivity contribution in [2.75, 3.05) is 12.4 Å². The van der Waals surface area contributed by atoms with Crippen LogP contribution >= 0.6 is 0 Å². The Kier molecular flexibility index (Phi) is 5.81. The average molecular weight is 361 g/mol. The summed E-state index contributed by atoms with van der Waals surface area (Å²) in [4.78, 5) is 21.0. The summed E-state index contributed by atoms with van der Waals surface area (Å²) in [5.74, 6) is 1.62. The molecule has 5 nitrogen and oxygen atoms in total. The van der Waals surface area contributed by atoms with E-state index in [2.05, 4.69) is 41.3 Å². The standard InChI is InChI=1S/C22H23N3O2/c1-15(2)12-16-4-7-18(8-5-16)25-21-9-6-17(13-24-21)22(26)19-10-11-23-14-20(19)27-3/h4-11,13-15H,12H2,1-3H3,(H,24,25). The first kappa shape index (κ1) is 18.6. The van der Waals surface area contributed by atoms with Gasteiger partial charge in [-0.15, -0.1) is 0 Å². The number of ether oxygens (including phenoxy) is 1. The summed E-state index contributed by atoms with van der Waals surface area (Å²) in [6, 6.07) is 13.5. The van der Waals surface area contributed by atoms with Crippen molar-refractivity contribution in [1.82, 2.24) is 9.97 Å². The largest absolute Gasteiger partial charge is 0.494 e. The maximum atomic E-state index is 12.7. The van der Waals surface area contributed by atoms with E-state index in [1.54, 1.807) is 30.6 Å². The van der Waals surface area contributed by atoms with Crippen LogP contribution in [0, 0.1) is 5.92 Å². The van der Waals surface area contributed by atoms with Crippen molar-refractivity contribution in [2.24, 2.45) is 5.92 Å². The Labute approximate surface area is 159 Å². The molecule has 138 valence electrons. The van der Waals surface area contributed by atoms with Crippen LogP contribution in [0.15, 0.2) is 61.1 Å². The van der Waals surface area contributed by atoms with Gasteiger partial charge in [0.2, 0.25) is 0 Å². The van der Waals surface area contributed by atoms with E-state index in [9.17, 15) is 4.79 Å². The van der Waals surface area contributed by atoms with E-state index in [1.807, 2.05) is 12.1 Å². The Balaban J connectivity index is 1.71. The van der Waals surface area contributed by atoms with Gasteiger partial charge in [0.05, 0.1) is 18.9 Å². The molecule has 2 heterocycles. The van der Waals surface area contributed by atoms with Gasteiger partial charge in [-0.05, 0) is 48.2 Å². The lowest BCUT2D eigenvalue weighted by Crippen LogP contribution is -2.05. The van der Waals surface area contributed by atoms with Gasteiger partial charge < -0.3 is 10.1 Å². The third-order valence-corrected chi connectivity index (χ3v) is 4.15. The summed E-state index contributed by atoms with van der Waals surface area (Å²) in [6.45, 7) is 4.42. The van der Waals surface area contributed by atoms with Gasteiger partial charge in [-0.3, -0.25) is 9.78 Å². The van der Waals surface area contributed by atoms with Crippen LogP contribution in [0.2, 0.25) is 0 Å². The second kappa shape index (κ2) is 8.45. The first-order valence-electron chi connectivity index (χ1n) is 8.91. The Morgan fingerprint density at radius 2 is 1.85 bits per heavy atom. The summed E-state index contributed by atoms with van der Waals surface area (Å²) in [5, 5.41) is 3.26. The third kappa shape index (κ3) is 4.70. The minimum absolute atomic E-state index is 0.147. The minimum Gasteiger partial charge on any atom is -0.494 e. The smallest absolute Gasteiger partial charge is 0.198 e. The topological polar surface area (TPSA) is 64.1 Å². The Hall–Kier alpha value is -3.21. The Bertz CT molecular complexity index is 904. The molecule has 2 aromatic heterocycles. The van der Waals surface area contributed by atoms with Gasteiger partial charge in [0.1, 0.15) is 11.6 Å². The number of anilines is 2. The highest BCUT2D eigenvalue weighted by Gasteiger charge is 2.14. The molecule has 0 saturated heterocycles. The highest BCUT2D eigenvalue weighted by molar-refractivity contribution is 6.10. The van der Waals surface area contributed by atoms with Crippen molar-refractivity contribution >= 4 is 17.3 Å². The summed E-state index contributed by atoms with van der Waals surface area (Å²) in [5.41, 5.74) is 3.24. The Morgan fingerprint density at radius 1 is 1.07 bits per heavy atom. The van der Waals surface area contributed by atoms with E-state index in [-0.39, 0.29) is 5.78 Å². The molecule has 0 aliphatic rings. The van der Waals surface area contributed by atoms with E-state index >= 15 is 0 Å². The molecule has 0 aliphatic heterocycles. The van der Waals surface area contributed by atoms with Crippen LogP contribution in [0.25, 0.3) is 0 Å². The SMILES string of the molecule is COc1cnccc1C(=O)c1ccc(Nc2ccc(CC(C)C)cc2)nc1. The zero-order chi connectivity index (χ0) is 19.2. The van der Waals surface area contributed by atoms with E-state index in [0.29, 0.717) is 28.6 Å². The number of rotatable bonds is 7. The number of benzene rings is 1. The van der Waals surface area contributed by atoms with Gasteiger partial charge in [-0.1, -0.05) is 26.0 Å². The molecule has 3 rings (SSSR count). The van der Waals surface area contributed by atoms with Gasteiger partial charge in [-0.2, -0.15) is 0 Å². The van der Waals surface area contributed by atoms with Crippen molar-refractivity contribution in [2.45, 2.75) is 20.3 Å². The van der Waals surface area contributed by atoms with Crippen LogP contribution in [0.1, 0.15) is 35.3 Å². The van der Waals surface area contributed by atoms with Crippen LogP contribution < -0.4 is 10.1 Å². The van der Waals surface area contributed by atoms with Crippen molar-refractivity contribution in [3.63, 3.8) is 0 Å². The molecule has 0 aliphatic carbocycles. The number of carbonyl (C=O) groups is 1. The summed E-state index contributed by atoms with van der Waals surface area (Å²) in [7, 11) is 1.52. The normalized spacial score (nSPS) is 10.7. The fourth-order valence-corrected chi connectivity index (χ4v) is 2.83. The van der Waals surface area contributed by atoms with E-state index in [4.69, 9.17) is 4.74 Å². The maximum Gasteiger partial charge on any atom is 0.198 e. The minimum atomic E-state index is -0.147. The first-order valence-corrected chi connectivity index (χ1v) is 8.91.